The van der Waals surface area contributed by atoms with Crippen molar-refractivity contribution in [1.82, 2.24) is 20.4 Å². The molecular weight excluding hydrogens is 392 g/mol. The summed E-state index contributed by atoms with van der Waals surface area (Å²) in [5, 5.41) is 10.7. The molecule has 1 aromatic carbocycles. The minimum absolute atomic E-state index is 0.0460. The van der Waals surface area contributed by atoms with Crippen LogP contribution in [-0.4, -0.2) is 33.7 Å². The summed E-state index contributed by atoms with van der Waals surface area (Å²) < 4.78 is 7.11. The fourth-order valence-corrected chi connectivity index (χ4v) is 4.07. The summed E-state index contributed by atoms with van der Waals surface area (Å²) in [4.78, 5) is 25.7. The molecule has 0 radical (unpaired) electrons. The average Bonchev–Trinajstić information content (AvgIpc) is 3.44. The maximum atomic E-state index is 13.2. The van der Waals surface area contributed by atoms with Crippen LogP contribution in [-0.2, 0) is 4.79 Å². The first-order valence-corrected chi connectivity index (χ1v) is 10.8. The van der Waals surface area contributed by atoms with E-state index in [1.165, 1.54) is 0 Å². The first-order valence-electron chi connectivity index (χ1n) is 10.8. The van der Waals surface area contributed by atoms with Crippen LogP contribution in [0.25, 0.3) is 17.1 Å². The molecular formula is C24H28N4O3. The molecule has 7 nitrogen and oxygen atoms in total. The van der Waals surface area contributed by atoms with Crippen LogP contribution in [0.1, 0.15) is 50.0 Å². The number of aromatic nitrogens is 2. The number of furan rings is 1. The zero-order valence-electron chi connectivity index (χ0n) is 17.9. The number of amides is 2. The summed E-state index contributed by atoms with van der Waals surface area (Å²) in [5.41, 5.74) is 1.83. The van der Waals surface area contributed by atoms with Gasteiger partial charge in [0.15, 0.2) is 5.76 Å². The van der Waals surface area contributed by atoms with E-state index in [1.54, 1.807) is 23.1 Å². The van der Waals surface area contributed by atoms with Crippen molar-refractivity contribution in [2.45, 2.75) is 51.6 Å². The van der Waals surface area contributed by atoms with Gasteiger partial charge in [-0.05, 0) is 57.4 Å². The summed E-state index contributed by atoms with van der Waals surface area (Å²) in [5.74, 6) is 0.401. The Morgan fingerprint density at radius 3 is 2.65 bits per heavy atom. The van der Waals surface area contributed by atoms with Gasteiger partial charge in [-0.15, -0.1) is 0 Å². The zero-order valence-corrected chi connectivity index (χ0v) is 17.9. The van der Waals surface area contributed by atoms with Crippen molar-refractivity contribution in [2.75, 3.05) is 0 Å². The SMILES string of the molecule is CC(C)NC(=O)C1CCCC(NC(=O)c2cc(-c3ccco3)nn2-c2ccccc2)C1. The lowest BCUT2D eigenvalue weighted by atomic mass is 9.85. The van der Waals surface area contributed by atoms with Gasteiger partial charge in [-0.1, -0.05) is 24.6 Å². The third-order valence-electron chi connectivity index (χ3n) is 5.53. The van der Waals surface area contributed by atoms with Gasteiger partial charge in [-0.2, -0.15) is 5.10 Å². The monoisotopic (exact) mass is 420 g/mol. The van der Waals surface area contributed by atoms with Crippen molar-refractivity contribution in [3.8, 4) is 17.1 Å². The predicted octanol–water partition coefficient (Wildman–Crippen LogP) is 3.95. The second kappa shape index (κ2) is 9.20. The van der Waals surface area contributed by atoms with Crippen LogP contribution in [0.15, 0.2) is 59.2 Å². The van der Waals surface area contributed by atoms with Crippen molar-refractivity contribution >= 4 is 11.8 Å². The first-order chi connectivity index (χ1) is 15.0. The quantitative estimate of drug-likeness (QED) is 0.632. The maximum absolute atomic E-state index is 13.2. The van der Waals surface area contributed by atoms with E-state index in [0.29, 0.717) is 23.6 Å². The molecule has 1 fully saturated rings. The summed E-state index contributed by atoms with van der Waals surface area (Å²) in [7, 11) is 0. The van der Waals surface area contributed by atoms with E-state index in [-0.39, 0.29) is 29.8 Å². The first kappa shape index (κ1) is 20.9. The number of para-hydroxylation sites is 1. The molecule has 0 saturated heterocycles. The van der Waals surface area contributed by atoms with Crippen molar-refractivity contribution < 1.29 is 14.0 Å². The fourth-order valence-electron chi connectivity index (χ4n) is 4.07. The highest BCUT2D eigenvalue weighted by Crippen LogP contribution is 2.26. The Labute approximate surface area is 181 Å². The molecule has 1 saturated carbocycles. The number of carbonyl (C=O) groups is 2. The smallest absolute Gasteiger partial charge is 0.270 e. The molecule has 3 aromatic rings. The van der Waals surface area contributed by atoms with Gasteiger partial charge in [0.2, 0.25) is 5.91 Å². The number of nitrogens with one attached hydrogen (secondary N) is 2. The van der Waals surface area contributed by atoms with Crippen molar-refractivity contribution in [1.29, 1.82) is 0 Å². The molecule has 0 spiro atoms. The second-order valence-electron chi connectivity index (χ2n) is 8.34. The molecule has 1 aliphatic carbocycles. The Balaban J connectivity index is 1.54. The molecule has 2 amide bonds. The van der Waals surface area contributed by atoms with Crippen LogP contribution < -0.4 is 10.6 Å². The summed E-state index contributed by atoms with van der Waals surface area (Å²) in [6, 6.07) is 15.0. The average molecular weight is 421 g/mol. The number of benzene rings is 1. The van der Waals surface area contributed by atoms with Gasteiger partial charge in [-0.3, -0.25) is 9.59 Å². The molecule has 2 heterocycles. The number of carbonyl (C=O) groups excluding carboxylic acids is 2. The molecule has 31 heavy (non-hydrogen) atoms. The van der Waals surface area contributed by atoms with E-state index in [9.17, 15) is 9.59 Å². The highest BCUT2D eigenvalue weighted by Gasteiger charge is 2.29. The zero-order chi connectivity index (χ0) is 21.8. The normalized spacial score (nSPS) is 18.7. The van der Waals surface area contributed by atoms with Gasteiger partial charge in [0, 0.05) is 24.1 Å². The summed E-state index contributed by atoms with van der Waals surface area (Å²) in [6.45, 7) is 3.92. The fraction of sp³-hybridized carbons (Fsp3) is 0.375. The second-order valence-corrected chi connectivity index (χ2v) is 8.34. The van der Waals surface area contributed by atoms with Gasteiger partial charge in [0.25, 0.3) is 5.91 Å². The Morgan fingerprint density at radius 1 is 1.13 bits per heavy atom. The van der Waals surface area contributed by atoms with Crippen molar-refractivity contribution in [3.63, 3.8) is 0 Å². The molecule has 2 unspecified atom stereocenters. The van der Waals surface area contributed by atoms with E-state index >= 15 is 0 Å². The predicted molar refractivity (Wildman–Crippen MR) is 118 cm³/mol. The lowest BCUT2D eigenvalue weighted by Gasteiger charge is -2.29. The van der Waals surface area contributed by atoms with E-state index in [0.717, 1.165) is 24.9 Å². The molecule has 7 heteroatoms. The molecule has 162 valence electrons. The molecule has 0 aliphatic heterocycles. The van der Waals surface area contributed by atoms with Gasteiger partial charge >= 0.3 is 0 Å². The van der Waals surface area contributed by atoms with Crippen LogP contribution in [0.5, 0.6) is 0 Å². The van der Waals surface area contributed by atoms with Crippen LogP contribution in [0.2, 0.25) is 0 Å². The molecule has 1 aliphatic rings. The highest BCUT2D eigenvalue weighted by atomic mass is 16.3. The molecule has 0 bridgehead atoms. The number of hydrogen-bond donors (Lipinski definition) is 2. The van der Waals surface area contributed by atoms with Gasteiger partial charge < -0.3 is 15.1 Å². The Morgan fingerprint density at radius 2 is 1.94 bits per heavy atom. The molecule has 2 aromatic heterocycles. The molecule has 2 N–H and O–H groups in total. The van der Waals surface area contributed by atoms with E-state index in [1.807, 2.05) is 50.2 Å². The van der Waals surface area contributed by atoms with Crippen LogP contribution in [0, 0.1) is 5.92 Å². The van der Waals surface area contributed by atoms with Crippen LogP contribution in [0.4, 0.5) is 0 Å². The van der Waals surface area contributed by atoms with Crippen LogP contribution in [0.3, 0.4) is 0 Å². The van der Waals surface area contributed by atoms with E-state index < -0.39 is 0 Å². The van der Waals surface area contributed by atoms with Gasteiger partial charge in [0.1, 0.15) is 11.4 Å². The third-order valence-corrected chi connectivity index (χ3v) is 5.53. The Bertz CT molecular complexity index is 1020. The lowest BCUT2D eigenvalue weighted by molar-refractivity contribution is -0.126. The van der Waals surface area contributed by atoms with Crippen molar-refractivity contribution in [3.05, 3.63) is 60.5 Å². The largest absolute Gasteiger partial charge is 0.463 e. The number of nitrogens with zero attached hydrogens (tertiary/aromatic N) is 2. The maximum Gasteiger partial charge on any atom is 0.270 e. The topological polar surface area (TPSA) is 89.2 Å². The Kier molecular flexibility index (Phi) is 6.21. The van der Waals surface area contributed by atoms with Gasteiger partial charge in [-0.25, -0.2) is 4.68 Å². The summed E-state index contributed by atoms with van der Waals surface area (Å²) in [6.07, 6.45) is 4.86. The Hall–Kier alpha value is -3.35. The van der Waals surface area contributed by atoms with Gasteiger partial charge in [0.05, 0.1) is 12.0 Å². The van der Waals surface area contributed by atoms with Crippen LogP contribution >= 0.6 is 0 Å². The third kappa shape index (κ3) is 4.87. The van der Waals surface area contributed by atoms with Crippen molar-refractivity contribution in [2.24, 2.45) is 5.92 Å². The molecule has 4 rings (SSSR count). The highest BCUT2D eigenvalue weighted by molar-refractivity contribution is 5.94. The number of rotatable bonds is 6. The standard InChI is InChI=1S/C24H28N4O3/c1-16(2)25-23(29)17-8-6-9-18(14-17)26-24(30)21-15-20(22-12-7-13-31-22)27-28(21)19-10-4-3-5-11-19/h3-5,7,10-13,15-18H,6,8-9,14H2,1-2H3,(H,25,29)(H,26,30). The summed E-state index contributed by atoms with van der Waals surface area (Å²) >= 11 is 0. The minimum atomic E-state index is -0.205. The van der Waals surface area contributed by atoms with E-state index in [2.05, 4.69) is 15.7 Å². The minimum Gasteiger partial charge on any atom is -0.463 e. The lowest BCUT2D eigenvalue weighted by Crippen LogP contribution is -2.44. The number of hydrogen-bond acceptors (Lipinski definition) is 4. The van der Waals surface area contributed by atoms with E-state index in [4.69, 9.17) is 4.42 Å². The molecule has 2 atom stereocenters.